The number of hydrazine groups is 1. The highest BCUT2D eigenvalue weighted by Crippen LogP contribution is 2.35. The van der Waals surface area contributed by atoms with E-state index in [1.807, 2.05) is 48.3 Å². The predicted octanol–water partition coefficient (Wildman–Crippen LogP) is 6.11. The first kappa shape index (κ1) is 24.4. The molecule has 2 aliphatic rings. The van der Waals surface area contributed by atoms with E-state index in [4.69, 9.17) is 9.26 Å². The van der Waals surface area contributed by atoms with Crippen LogP contribution < -0.4 is 10.4 Å². The smallest absolute Gasteiger partial charge is 0.426 e. The second-order valence-corrected chi connectivity index (χ2v) is 10.2. The molecule has 1 unspecified atom stereocenters. The summed E-state index contributed by atoms with van der Waals surface area (Å²) < 4.78 is 24.7. The molecule has 0 aliphatic carbocycles. The molecule has 8 heteroatoms. The molecule has 38 heavy (non-hydrogen) atoms. The number of ether oxygens (including phenoxy) is 1. The van der Waals surface area contributed by atoms with Crippen molar-refractivity contribution >= 4 is 28.4 Å². The molecule has 0 spiro atoms. The van der Waals surface area contributed by atoms with E-state index >= 15 is 0 Å². The van der Waals surface area contributed by atoms with Gasteiger partial charge in [0.25, 0.3) is 0 Å². The predicted molar refractivity (Wildman–Crippen MR) is 144 cm³/mol. The Kier molecular flexibility index (Phi) is 6.72. The minimum atomic E-state index is -0.472. The first-order chi connectivity index (χ1) is 18.5. The van der Waals surface area contributed by atoms with Gasteiger partial charge in [0.05, 0.1) is 17.1 Å². The lowest BCUT2D eigenvalue weighted by molar-refractivity contribution is 0.0717. The van der Waals surface area contributed by atoms with Crippen molar-refractivity contribution in [1.29, 1.82) is 0 Å². The average Bonchev–Trinajstić information content (AvgIpc) is 3.27. The van der Waals surface area contributed by atoms with Crippen LogP contribution in [-0.2, 0) is 17.6 Å². The Morgan fingerprint density at radius 2 is 1.71 bits per heavy atom. The third kappa shape index (κ3) is 4.96. The summed E-state index contributed by atoms with van der Waals surface area (Å²) in [7, 11) is 0. The number of benzene rings is 3. The third-order valence-electron chi connectivity index (χ3n) is 7.59. The van der Waals surface area contributed by atoms with Crippen molar-refractivity contribution in [1.82, 2.24) is 15.5 Å². The van der Waals surface area contributed by atoms with Crippen LogP contribution in [0.4, 0.5) is 20.6 Å². The normalized spacial score (nSPS) is 16.9. The first-order valence-electron chi connectivity index (χ1n) is 13.3. The van der Waals surface area contributed by atoms with Gasteiger partial charge in [0.15, 0.2) is 5.58 Å². The van der Waals surface area contributed by atoms with Crippen LogP contribution in [0.2, 0.25) is 0 Å². The number of hydrogen-bond donors (Lipinski definition) is 1. The highest BCUT2D eigenvalue weighted by molar-refractivity contribution is 5.80. The lowest BCUT2D eigenvalue weighted by Gasteiger charge is -2.33. The summed E-state index contributed by atoms with van der Waals surface area (Å²) >= 11 is 0. The summed E-state index contributed by atoms with van der Waals surface area (Å²) in [5, 5.41) is 6.97. The molecule has 3 aromatic carbocycles. The summed E-state index contributed by atoms with van der Waals surface area (Å²) in [5.41, 5.74) is 8.69. The van der Waals surface area contributed by atoms with Crippen LogP contribution in [-0.4, -0.2) is 41.9 Å². The number of hydrogen-bond acceptors (Lipinski definition) is 6. The molecule has 1 N–H and O–H groups in total. The molecule has 1 aromatic heterocycles. The number of aromatic nitrogens is 1. The van der Waals surface area contributed by atoms with E-state index in [0.29, 0.717) is 12.1 Å². The van der Waals surface area contributed by atoms with Crippen LogP contribution in [0.1, 0.15) is 42.5 Å². The maximum atomic E-state index is 13.5. The first-order valence-corrected chi connectivity index (χ1v) is 13.3. The Morgan fingerprint density at radius 1 is 1.05 bits per heavy atom. The number of piperidine rings is 1. The Balaban J connectivity index is 1.06. The van der Waals surface area contributed by atoms with Gasteiger partial charge in [0, 0.05) is 23.9 Å². The molecule has 4 aromatic rings. The van der Waals surface area contributed by atoms with Gasteiger partial charge in [-0.3, -0.25) is 9.91 Å². The van der Waals surface area contributed by atoms with E-state index in [1.165, 1.54) is 23.3 Å². The summed E-state index contributed by atoms with van der Waals surface area (Å²) in [6.45, 7) is 4.30. The van der Waals surface area contributed by atoms with Gasteiger partial charge in [-0.2, -0.15) is 0 Å². The zero-order valence-electron chi connectivity index (χ0n) is 21.4. The van der Waals surface area contributed by atoms with Crippen molar-refractivity contribution in [3.05, 3.63) is 89.4 Å². The molecule has 2 aliphatic heterocycles. The number of fused-ring (bicyclic) bond motifs is 3. The number of nitrogens with one attached hydrogen (secondary N) is 1. The van der Waals surface area contributed by atoms with Gasteiger partial charge in [-0.15, -0.1) is 0 Å². The van der Waals surface area contributed by atoms with E-state index in [0.717, 1.165) is 61.2 Å². The van der Waals surface area contributed by atoms with E-state index in [9.17, 15) is 9.18 Å². The van der Waals surface area contributed by atoms with Crippen LogP contribution in [0.3, 0.4) is 0 Å². The van der Waals surface area contributed by atoms with Gasteiger partial charge in [0.1, 0.15) is 11.9 Å². The molecule has 1 saturated heterocycles. The van der Waals surface area contributed by atoms with E-state index in [1.54, 1.807) is 6.07 Å². The Bertz CT molecular complexity index is 1400. The number of amides is 1. The zero-order valence-corrected chi connectivity index (χ0v) is 21.4. The van der Waals surface area contributed by atoms with Crippen molar-refractivity contribution in [3.8, 4) is 0 Å². The topological polar surface area (TPSA) is 70.8 Å². The van der Waals surface area contributed by atoms with Crippen molar-refractivity contribution in [3.63, 3.8) is 0 Å². The lowest BCUT2D eigenvalue weighted by Crippen LogP contribution is -2.44. The van der Waals surface area contributed by atoms with Gasteiger partial charge < -0.3 is 9.26 Å². The van der Waals surface area contributed by atoms with Gasteiger partial charge in [-0.05, 0) is 81.1 Å². The third-order valence-corrected chi connectivity index (χ3v) is 7.59. The monoisotopic (exact) mass is 514 g/mol. The number of nitrogens with zero attached hydrogens (tertiary/aromatic N) is 3. The molecule has 0 radical (unpaired) electrons. The molecule has 1 atom stereocenters. The van der Waals surface area contributed by atoms with Crippen LogP contribution in [0.15, 0.2) is 71.3 Å². The van der Waals surface area contributed by atoms with Crippen LogP contribution in [0, 0.1) is 5.82 Å². The molecule has 6 rings (SSSR count). The fourth-order valence-corrected chi connectivity index (χ4v) is 5.72. The average molecular weight is 515 g/mol. The number of para-hydroxylation sites is 2. The lowest BCUT2D eigenvalue weighted by atomic mass is 9.91. The Labute approximate surface area is 221 Å². The fraction of sp³-hybridized carbons (Fsp3) is 0.333. The SMILES string of the molecule is CC(CN1CCC(c2noc3cc(F)ccc23)CC1)OC(=O)NN1c2ccccc2CCc2ccccc21. The molecular formula is C30H31FN4O3. The van der Waals surface area contributed by atoms with E-state index in [2.05, 4.69) is 27.6 Å². The molecule has 1 amide bonds. The summed E-state index contributed by atoms with van der Waals surface area (Å²) in [6.07, 6.45) is 2.90. The number of carbonyl (C=O) groups excluding carboxylic acids is 1. The van der Waals surface area contributed by atoms with E-state index in [-0.39, 0.29) is 17.8 Å². The molecule has 1 fully saturated rings. The Morgan fingerprint density at radius 3 is 2.39 bits per heavy atom. The molecule has 3 heterocycles. The van der Waals surface area contributed by atoms with Gasteiger partial charge in [0.2, 0.25) is 0 Å². The molecular weight excluding hydrogens is 483 g/mol. The number of aryl methyl sites for hydroxylation is 2. The van der Waals surface area contributed by atoms with Crippen molar-refractivity contribution < 1.29 is 18.4 Å². The Hall–Kier alpha value is -3.91. The second-order valence-electron chi connectivity index (χ2n) is 10.2. The van der Waals surface area contributed by atoms with Crippen molar-refractivity contribution in [2.24, 2.45) is 0 Å². The van der Waals surface area contributed by atoms with E-state index < -0.39 is 6.09 Å². The number of anilines is 2. The molecule has 7 nitrogen and oxygen atoms in total. The number of likely N-dealkylation sites (tertiary alicyclic amines) is 1. The maximum Gasteiger partial charge on any atom is 0.426 e. The van der Waals surface area contributed by atoms with Crippen molar-refractivity contribution in [2.45, 2.75) is 44.6 Å². The van der Waals surface area contributed by atoms with Gasteiger partial charge in [-0.1, -0.05) is 41.6 Å². The summed E-state index contributed by atoms with van der Waals surface area (Å²) in [6, 6.07) is 20.9. The number of carbonyl (C=O) groups is 1. The summed E-state index contributed by atoms with van der Waals surface area (Å²) in [4.78, 5) is 15.3. The second kappa shape index (κ2) is 10.5. The van der Waals surface area contributed by atoms with Crippen molar-refractivity contribution in [2.75, 3.05) is 24.6 Å². The van der Waals surface area contributed by atoms with Crippen LogP contribution >= 0.6 is 0 Å². The fourth-order valence-electron chi connectivity index (χ4n) is 5.72. The molecule has 196 valence electrons. The number of rotatable bonds is 5. The minimum Gasteiger partial charge on any atom is -0.444 e. The number of halogens is 1. The highest BCUT2D eigenvalue weighted by Gasteiger charge is 2.27. The maximum absolute atomic E-state index is 13.5. The minimum absolute atomic E-state index is 0.264. The largest absolute Gasteiger partial charge is 0.444 e. The zero-order chi connectivity index (χ0) is 26.1. The van der Waals surface area contributed by atoms with Crippen LogP contribution in [0.25, 0.3) is 11.0 Å². The van der Waals surface area contributed by atoms with Gasteiger partial charge >= 0.3 is 6.09 Å². The quantitative estimate of drug-likeness (QED) is 0.346. The molecule has 0 bridgehead atoms. The molecule has 0 saturated carbocycles. The summed E-state index contributed by atoms with van der Waals surface area (Å²) in [5.74, 6) is -0.0574. The van der Waals surface area contributed by atoms with Gasteiger partial charge in [-0.25, -0.2) is 14.6 Å². The van der Waals surface area contributed by atoms with Crippen LogP contribution in [0.5, 0.6) is 0 Å². The standard InChI is InChI=1S/C30H31FN4O3/c1-20(19-34-16-14-23(15-17-34)29-25-13-12-24(31)18-28(25)38-33-29)37-30(36)32-35-26-8-4-2-6-21(26)10-11-22-7-3-5-9-27(22)35/h2-9,12-13,18,20,23H,10-11,14-17,19H2,1H3,(H,32,36). The highest BCUT2D eigenvalue weighted by atomic mass is 19.1.